The van der Waals surface area contributed by atoms with Crippen molar-refractivity contribution >= 4 is 5.57 Å². The first kappa shape index (κ1) is 9.89. The molecule has 1 rings (SSSR count). The van der Waals surface area contributed by atoms with Crippen LogP contribution in [-0.2, 0) is 0 Å². The summed E-state index contributed by atoms with van der Waals surface area (Å²) in [5, 5.41) is 0. The van der Waals surface area contributed by atoms with Gasteiger partial charge in [0.15, 0.2) is 0 Å². The molecule has 0 aliphatic heterocycles. The van der Waals surface area contributed by atoms with Gasteiger partial charge in [0.05, 0.1) is 7.18 Å². The Morgan fingerprint density at radius 3 is 1.91 bits per heavy atom. The van der Waals surface area contributed by atoms with Crippen molar-refractivity contribution in [3.05, 3.63) is 42.5 Å². The highest BCUT2D eigenvalue weighted by molar-refractivity contribution is 5.60. The van der Waals surface area contributed by atoms with Crippen LogP contribution in [0.1, 0.15) is 12.5 Å². The van der Waals surface area contributed by atoms with Crippen LogP contribution >= 0.6 is 0 Å². The quantitative estimate of drug-likeness (QED) is 0.579. The molecule has 0 unspecified atom stereocenters. The van der Waals surface area contributed by atoms with Gasteiger partial charge in [-0.25, -0.2) is 0 Å². The minimum atomic E-state index is 0.500. The van der Waals surface area contributed by atoms with Crippen molar-refractivity contribution < 1.29 is 4.39 Å². The summed E-state index contributed by atoms with van der Waals surface area (Å²) in [4.78, 5) is 0. The third-order valence-electron chi connectivity index (χ3n) is 1.27. The molecule has 0 saturated heterocycles. The Hall–Kier alpha value is -1.11. The number of hydrogen-bond acceptors (Lipinski definition) is 0. The van der Waals surface area contributed by atoms with Gasteiger partial charge in [0.25, 0.3) is 0 Å². The molecule has 11 heavy (non-hydrogen) atoms. The fourth-order valence-electron chi connectivity index (χ4n) is 0.723. The van der Waals surface area contributed by atoms with E-state index in [1.807, 2.05) is 25.1 Å². The summed E-state index contributed by atoms with van der Waals surface area (Å²) in [6, 6.07) is 10.2. The molecule has 1 aromatic carbocycles. The SMILES string of the molecule is C=C(C)c1ccccc1.CF. The summed E-state index contributed by atoms with van der Waals surface area (Å²) in [6.07, 6.45) is 0. The molecule has 60 valence electrons. The van der Waals surface area contributed by atoms with Crippen LogP contribution in [0.5, 0.6) is 0 Å². The number of allylic oxidation sites excluding steroid dienone is 1. The maximum Gasteiger partial charge on any atom is 0.0785 e. The van der Waals surface area contributed by atoms with Crippen molar-refractivity contribution in [2.24, 2.45) is 0 Å². The Bertz CT molecular complexity index is 201. The molecule has 0 nitrogen and oxygen atoms in total. The lowest BCUT2D eigenvalue weighted by molar-refractivity contribution is 0.636. The largest absolute Gasteiger partial charge is 0.255 e. The van der Waals surface area contributed by atoms with E-state index in [9.17, 15) is 4.39 Å². The summed E-state index contributed by atoms with van der Waals surface area (Å²) in [5.74, 6) is 0. The predicted octanol–water partition coefficient (Wildman–Crippen LogP) is 3.31. The topological polar surface area (TPSA) is 0 Å². The second-order valence-corrected chi connectivity index (χ2v) is 2.15. The maximum absolute atomic E-state index is 9.50. The van der Waals surface area contributed by atoms with Gasteiger partial charge in [-0.2, -0.15) is 0 Å². The number of rotatable bonds is 1. The molecule has 0 aliphatic carbocycles. The van der Waals surface area contributed by atoms with Crippen LogP contribution in [0.15, 0.2) is 36.9 Å². The lowest BCUT2D eigenvalue weighted by Crippen LogP contribution is -1.72. The van der Waals surface area contributed by atoms with Gasteiger partial charge in [-0.1, -0.05) is 42.5 Å². The smallest absolute Gasteiger partial charge is 0.0785 e. The van der Waals surface area contributed by atoms with Crippen molar-refractivity contribution in [2.45, 2.75) is 6.92 Å². The third-order valence-corrected chi connectivity index (χ3v) is 1.27. The number of alkyl halides is 1. The fourth-order valence-corrected chi connectivity index (χ4v) is 0.723. The van der Waals surface area contributed by atoms with Crippen molar-refractivity contribution in [1.82, 2.24) is 0 Å². The minimum absolute atomic E-state index is 0.500. The molecular formula is C10H13F. The molecule has 0 aliphatic rings. The van der Waals surface area contributed by atoms with E-state index in [4.69, 9.17) is 0 Å². The Morgan fingerprint density at radius 1 is 1.18 bits per heavy atom. The van der Waals surface area contributed by atoms with Crippen LogP contribution in [-0.4, -0.2) is 7.18 Å². The van der Waals surface area contributed by atoms with E-state index in [0.717, 1.165) is 5.57 Å². The average molecular weight is 152 g/mol. The molecule has 0 spiro atoms. The van der Waals surface area contributed by atoms with Gasteiger partial charge in [0.2, 0.25) is 0 Å². The van der Waals surface area contributed by atoms with Crippen molar-refractivity contribution in [3.63, 3.8) is 0 Å². The Morgan fingerprint density at radius 2 is 1.64 bits per heavy atom. The first-order chi connectivity index (χ1) is 5.30. The number of hydrogen-bond donors (Lipinski definition) is 0. The normalized spacial score (nSPS) is 7.91. The molecule has 0 atom stereocenters. The first-order valence-corrected chi connectivity index (χ1v) is 3.39. The van der Waals surface area contributed by atoms with E-state index >= 15 is 0 Å². The van der Waals surface area contributed by atoms with E-state index in [2.05, 4.69) is 18.7 Å². The number of halogens is 1. The van der Waals surface area contributed by atoms with Gasteiger partial charge in [0, 0.05) is 0 Å². The molecule has 0 radical (unpaired) electrons. The van der Waals surface area contributed by atoms with E-state index in [1.54, 1.807) is 0 Å². The van der Waals surface area contributed by atoms with E-state index in [1.165, 1.54) is 5.56 Å². The highest BCUT2D eigenvalue weighted by Crippen LogP contribution is 2.08. The van der Waals surface area contributed by atoms with Gasteiger partial charge < -0.3 is 0 Å². The zero-order valence-electron chi connectivity index (χ0n) is 6.97. The Kier molecular flexibility index (Phi) is 5.09. The minimum Gasteiger partial charge on any atom is -0.255 e. The van der Waals surface area contributed by atoms with Crippen LogP contribution in [0, 0.1) is 0 Å². The molecule has 0 bridgehead atoms. The van der Waals surface area contributed by atoms with Crippen LogP contribution < -0.4 is 0 Å². The molecule has 1 aromatic rings. The second-order valence-electron chi connectivity index (χ2n) is 2.15. The Balaban J connectivity index is 0.000000461. The monoisotopic (exact) mass is 152 g/mol. The summed E-state index contributed by atoms with van der Waals surface area (Å²) in [6.45, 7) is 5.83. The molecular weight excluding hydrogens is 139 g/mol. The standard InChI is InChI=1S/C9H10.CH3F/c1-8(2)9-6-4-3-5-7-9;1-2/h3-7H,1H2,2H3;1H3. The van der Waals surface area contributed by atoms with Crippen LogP contribution in [0.3, 0.4) is 0 Å². The highest BCUT2D eigenvalue weighted by Gasteiger charge is 1.86. The van der Waals surface area contributed by atoms with E-state index in [-0.39, 0.29) is 0 Å². The molecule has 0 aromatic heterocycles. The summed E-state index contributed by atoms with van der Waals surface area (Å²) in [5.41, 5.74) is 2.34. The van der Waals surface area contributed by atoms with Crippen molar-refractivity contribution in [3.8, 4) is 0 Å². The van der Waals surface area contributed by atoms with Gasteiger partial charge >= 0.3 is 0 Å². The molecule has 1 heteroatoms. The predicted molar refractivity (Wildman–Crippen MR) is 48.2 cm³/mol. The van der Waals surface area contributed by atoms with Crippen molar-refractivity contribution in [2.75, 3.05) is 7.18 Å². The molecule has 0 fully saturated rings. The summed E-state index contributed by atoms with van der Waals surface area (Å²) in [7, 11) is 0.500. The van der Waals surface area contributed by atoms with Crippen LogP contribution in [0.4, 0.5) is 4.39 Å². The molecule has 0 N–H and O–H groups in total. The van der Waals surface area contributed by atoms with E-state index < -0.39 is 0 Å². The molecule has 0 heterocycles. The lowest BCUT2D eigenvalue weighted by Gasteiger charge is -1.94. The van der Waals surface area contributed by atoms with E-state index in [0.29, 0.717) is 7.18 Å². The average Bonchev–Trinajstić information content (AvgIpc) is 2.10. The summed E-state index contributed by atoms with van der Waals surface area (Å²) >= 11 is 0. The summed E-state index contributed by atoms with van der Waals surface area (Å²) < 4.78 is 9.50. The Labute approximate surface area is 67.4 Å². The van der Waals surface area contributed by atoms with Gasteiger partial charge in [-0.15, -0.1) is 0 Å². The molecule has 0 saturated carbocycles. The van der Waals surface area contributed by atoms with Crippen molar-refractivity contribution in [1.29, 1.82) is 0 Å². The highest BCUT2D eigenvalue weighted by atomic mass is 19.1. The van der Waals surface area contributed by atoms with Crippen LogP contribution in [0.2, 0.25) is 0 Å². The van der Waals surface area contributed by atoms with Crippen LogP contribution in [0.25, 0.3) is 5.57 Å². The third kappa shape index (κ3) is 3.56. The molecule has 0 amide bonds. The first-order valence-electron chi connectivity index (χ1n) is 3.39. The van der Waals surface area contributed by atoms with Gasteiger partial charge in [-0.05, 0) is 12.5 Å². The lowest BCUT2D eigenvalue weighted by atomic mass is 10.1. The van der Waals surface area contributed by atoms with Gasteiger partial charge in [-0.3, -0.25) is 4.39 Å². The fraction of sp³-hybridized carbons (Fsp3) is 0.200. The second kappa shape index (κ2) is 5.66. The maximum atomic E-state index is 9.50. The zero-order chi connectivity index (χ0) is 8.69. The number of benzene rings is 1. The van der Waals surface area contributed by atoms with Gasteiger partial charge in [0.1, 0.15) is 0 Å². The zero-order valence-corrected chi connectivity index (χ0v) is 6.97.